The number of nitrogens with one attached hydrogen (secondary N) is 1. The molecular weight excluding hydrogens is 399 g/mol. The molecule has 31 heavy (non-hydrogen) atoms. The van der Waals surface area contributed by atoms with Gasteiger partial charge in [-0.25, -0.2) is 4.39 Å². The molecule has 1 aliphatic heterocycles. The molecule has 1 aromatic heterocycles. The number of hydrogen-bond donors (Lipinski definition) is 2. The van der Waals surface area contributed by atoms with Crippen molar-refractivity contribution in [3.63, 3.8) is 0 Å². The molecule has 1 aliphatic rings. The number of aliphatic hydroxyl groups is 1. The molecule has 1 saturated heterocycles. The van der Waals surface area contributed by atoms with Gasteiger partial charge in [-0.3, -0.25) is 9.78 Å². The third kappa shape index (κ3) is 4.43. The van der Waals surface area contributed by atoms with Gasteiger partial charge in [0.05, 0.1) is 36.4 Å². The van der Waals surface area contributed by atoms with Gasteiger partial charge in [0.2, 0.25) is 0 Å². The van der Waals surface area contributed by atoms with Gasteiger partial charge < -0.3 is 19.9 Å². The number of nitrogens with zero attached hydrogens (tertiary/aromatic N) is 1. The van der Waals surface area contributed by atoms with Crippen molar-refractivity contribution in [2.24, 2.45) is 5.92 Å². The maximum absolute atomic E-state index is 14.1. The minimum Gasteiger partial charge on any atom is -0.496 e. The van der Waals surface area contributed by atoms with Crippen LogP contribution in [0.15, 0.2) is 30.5 Å². The van der Waals surface area contributed by atoms with Crippen LogP contribution in [0.4, 0.5) is 10.1 Å². The van der Waals surface area contributed by atoms with Gasteiger partial charge in [0.25, 0.3) is 5.91 Å². The number of benzene rings is 1. The van der Waals surface area contributed by atoms with E-state index in [4.69, 9.17) is 9.47 Å². The van der Waals surface area contributed by atoms with Crippen LogP contribution in [0.5, 0.6) is 5.75 Å². The number of amides is 1. The summed E-state index contributed by atoms with van der Waals surface area (Å²) in [7, 11) is 1.50. The zero-order chi connectivity index (χ0) is 22.9. The van der Waals surface area contributed by atoms with Crippen LogP contribution in [0.1, 0.15) is 63.0 Å². The highest BCUT2D eigenvalue weighted by Gasteiger charge is 2.51. The Balaban J connectivity index is 1.91. The molecule has 6 nitrogen and oxygen atoms in total. The molecule has 0 saturated carbocycles. The summed E-state index contributed by atoms with van der Waals surface area (Å²) in [6.45, 7) is 9.45. The summed E-state index contributed by atoms with van der Waals surface area (Å²) in [6.07, 6.45) is 0.655. The van der Waals surface area contributed by atoms with E-state index >= 15 is 0 Å². The van der Waals surface area contributed by atoms with E-state index in [1.54, 1.807) is 25.1 Å². The Morgan fingerprint density at radius 2 is 2.06 bits per heavy atom. The standard InChI is InChI=1S/C24H31FN2O4/c1-7-19(28)18-11-8-15(12-26-18)27-23(29)22-20(14(3)24(4,5)31-22)16-9-10-17(25)13(2)21(16)30-6/h8-12,14,19-20,22,28H,7H2,1-6H3,(H,27,29)/t14-,19-,20-,22+/m1/s1. The third-order valence-electron chi connectivity index (χ3n) is 6.37. The number of pyridine rings is 1. The van der Waals surface area contributed by atoms with Crippen molar-refractivity contribution in [1.29, 1.82) is 0 Å². The van der Waals surface area contributed by atoms with E-state index in [9.17, 15) is 14.3 Å². The van der Waals surface area contributed by atoms with E-state index in [1.165, 1.54) is 19.4 Å². The molecular formula is C24H31FN2O4. The average Bonchev–Trinajstić information content (AvgIpc) is 2.99. The van der Waals surface area contributed by atoms with Crippen LogP contribution in [0.3, 0.4) is 0 Å². The van der Waals surface area contributed by atoms with Gasteiger partial charge in [0.15, 0.2) is 0 Å². The highest BCUT2D eigenvalue weighted by Crippen LogP contribution is 2.49. The van der Waals surface area contributed by atoms with Crippen LogP contribution in [0, 0.1) is 18.7 Å². The molecule has 1 amide bonds. The van der Waals surface area contributed by atoms with Crippen LogP contribution in [-0.2, 0) is 9.53 Å². The number of anilines is 1. The first-order chi connectivity index (χ1) is 14.6. The zero-order valence-electron chi connectivity index (χ0n) is 18.9. The van der Waals surface area contributed by atoms with Gasteiger partial charge in [-0.2, -0.15) is 0 Å². The maximum Gasteiger partial charge on any atom is 0.254 e. The normalized spacial score (nSPS) is 23.4. The summed E-state index contributed by atoms with van der Waals surface area (Å²) >= 11 is 0. The number of hydrogen-bond acceptors (Lipinski definition) is 5. The Morgan fingerprint density at radius 1 is 1.35 bits per heavy atom. The quantitative estimate of drug-likeness (QED) is 0.704. The minimum absolute atomic E-state index is 0.0257. The van der Waals surface area contributed by atoms with E-state index in [0.717, 1.165) is 5.56 Å². The molecule has 0 bridgehead atoms. The lowest BCUT2D eigenvalue weighted by atomic mass is 9.77. The van der Waals surface area contributed by atoms with Crippen molar-refractivity contribution >= 4 is 11.6 Å². The van der Waals surface area contributed by atoms with E-state index in [2.05, 4.69) is 10.3 Å². The molecule has 4 atom stereocenters. The van der Waals surface area contributed by atoms with Crippen molar-refractivity contribution in [2.45, 2.75) is 64.8 Å². The van der Waals surface area contributed by atoms with Crippen molar-refractivity contribution in [3.8, 4) is 5.75 Å². The van der Waals surface area contributed by atoms with Crippen LogP contribution >= 0.6 is 0 Å². The smallest absolute Gasteiger partial charge is 0.254 e. The number of carbonyl (C=O) groups is 1. The Hall–Kier alpha value is -2.51. The largest absolute Gasteiger partial charge is 0.496 e. The number of rotatable bonds is 6. The zero-order valence-corrected chi connectivity index (χ0v) is 18.9. The SMILES string of the molecule is CC[C@@H](O)c1ccc(NC(=O)[C@H]2OC(C)(C)[C@H](C)[C@@H]2c2ccc(F)c(C)c2OC)cn1. The predicted octanol–water partition coefficient (Wildman–Crippen LogP) is 4.52. The molecule has 1 fully saturated rings. The lowest BCUT2D eigenvalue weighted by molar-refractivity contribution is -0.131. The number of aromatic nitrogens is 1. The monoisotopic (exact) mass is 430 g/mol. The van der Waals surface area contributed by atoms with Crippen LogP contribution in [0.25, 0.3) is 0 Å². The fourth-order valence-corrected chi connectivity index (χ4v) is 4.17. The van der Waals surface area contributed by atoms with Crippen LogP contribution < -0.4 is 10.1 Å². The van der Waals surface area contributed by atoms with Crippen LogP contribution in [0.2, 0.25) is 0 Å². The Kier molecular flexibility index (Phi) is 6.67. The second-order valence-corrected chi connectivity index (χ2v) is 8.64. The van der Waals surface area contributed by atoms with Gasteiger partial charge in [-0.1, -0.05) is 19.9 Å². The topological polar surface area (TPSA) is 80.7 Å². The fraction of sp³-hybridized carbons (Fsp3) is 0.500. The molecule has 0 spiro atoms. The first kappa shape index (κ1) is 23.2. The predicted molar refractivity (Wildman–Crippen MR) is 117 cm³/mol. The van der Waals surface area contributed by atoms with E-state index in [-0.39, 0.29) is 23.6 Å². The highest BCUT2D eigenvalue weighted by molar-refractivity contribution is 5.95. The second-order valence-electron chi connectivity index (χ2n) is 8.64. The van der Waals surface area contributed by atoms with Gasteiger partial charge in [0.1, 0.15) is 17.7 Å². The molecule has 0 aliphatic carbocycles. The number of halogens is 1. The Morgan fingerprint density at radius 3 is 2.65 bits per heavy atom. The van der Waals surface area contributed by atoms with Gasteiger partial charge >= 0.3 is 0 Å². The van der Waals surface area contributed by atoms with Gasteiger partial charge in [-0.15, -0.1) is 0 Å². The number of ether oxygens (including phenoxy) is 2. The summed E-state index contributed by atoms with van der Waals surface area (Å²) in [5.74, 6) is -0.568. The highest BCUT2D eigenvalue weighted by atomic mass is 19.1. The van der Waals surface area contributed by atoms with Crippen molar-refractivity contribution in [1.82, 2.24) is 4.98 Å². The minimum atomic E-state index is -0.787. The lowest BCUT2D eigenvalue weighted by Gasteiger charge is -2.26. The number of methoxy groups -OCH3 is 1. The average molecular weight is 431 g/mol. The molecule has 0 unspecified atom stereocenters. The van der Waals surface area contributed by atoms with E-state index < -0.39 is 17.8 Å². The van der Waals surface area contributed by atoms with Crippen molar-refractivity contribution in [2.75, 3.05) is 12.4 Å². The molecule has 2 aromatic rings. The Labute approximate surface area is 182 Å². The van der Waals surface area contributed by atoms with Gasteiger partial charge in [0, 0.05) is 17.0 Å². The summed E-state index contributed by atoms with van der Waals surface area (Å²) < 4.78 is 25.8. The summed E-state index contributed by atoms with van der Waals surface area (Å²) in [5, 5.41) is 12.8. The van der Waals surface area contributed by atoms with Crippen molar-refractivity contribution < 1.29 is 23.8 Å². The first-order valence-corrected chi connectivity index (χ1v) is 10.6. The molecule has 168 valence electrons. The summed E-state index contributed by atoms with van der Waals surface area (Å²) in [6, 6.07) is 6.48. The molecule has 3 rings (SSSR count). The summed E-state index contributed by atoms with van der Waals surface area (Å²) in [5.41, 5.74) is 1.66. The Bertz CT molecular complexity index is 945. The number of aliphatic hydroxyl groups excluding tert-OH is 1. The van der Waals surface area contributed by atoms with E-state index in [0.29, 0.717) is 29.1 Å². The fourth-order valence-electron chi connectivity index (χ4n) is 4.17. The maximum atomic E-state index is 14.1. The van der Waals surface area contributed by atoms with Gasteiger partial charge in [-0.05, 0) is 51.3 Å². The molecule has 1 aromatic carbocycles. The molecule has 2 N–H and O–H groups in total. The number of carbonyl (C=O) groups excluding carboxylic acids is 1. The summed E-state index contributed by atoms with van der Waals surface area (Å²) in [4.78, 5) is 17.5. The molecule has 2 heterocycles. The first-order valence-electron chi connectivity index (χ1n) is 10.6. The third-order valence-corrected chi connectivity index (χ3v) is 6.37. The molecule has 0 radical (unpaired) electrons. The lowest BCUT2D eigenvalue weighted by Crippen LogP contribution is -2.33. The molecule has 7 heteroatoms. The van der Waals surface area contributed by atoms with Crippen LogP contribution in [-0.4, -0.2) is 34.8 Å². The van der Waals surface area contributed by atoms with Crippen molar-refractivity contribution in [3.05, 3.63) is 53.1 Å². The second kappa shape index (κ2) is 8.93. The van der Waals surface area contributed by atoms with E-state index in [1.807, 2.05) is 27.7 Å².